The highest BCUT2D eigenvalue weighted by Crippen LogP contribution is 1.97. The summed E-state index contributed by atoms with van der Waals surface area (Å²) in [6.07, 6.45) is 4.85. The third-order valence-electron chi connectivity index (χ3n) is 1.70. The monoisotopic (exact) mass is 140 g/mol. The minimum Gasteiger partial charge on any atom is -0.374 e. The van der Waals surface area contributed by atoms with Gasteiger partial charge in [0, 0.05) is 19.5 Å². The smallest absolute Gasteiger partial charge is 0.0962 e. The second kappa shape index (κ2) is 4.31. The van der Waals surface area contributed by atoms with Gasteiger partial charge in [-0.05, 0) is 19.3 Å². The highest BCUT2D eigenvalue weighted by molar-refractivity contribution is 5.82. The normalized spacial score (nSPS) is 19.1. The molecule has 0 amide bonds. The minimum atomic E-state index is 1.03. The van der Waals surface area contributed by atoms with E-state index in [0.29, 0.717) is 0 Å². The molecule has 0 radical (unpaired) electrons. The van der Waals surface area contributed by atoms with Crippen LogP contribution in [0.1, 0.15) is 32.6 Å². The Hall–Kier alpha value is -0.530. The summed E-state index contributed by atoms with van der Waals surface area (Å²) in [5.41, 5.74) is 0. The van der Waals surface area contributed by atoms with Crippen molar-refractivity contribution in [3.63, 3.8) is 0 Å². The summed E-state index contributed by atoms with van der Waals surface area (Å²) >= 11 is 0. The summed E-state index contributed by atoms with van der Waals surface area (Å²) in [5.74, 6) is 1.22. The van der Waals surface area contributed by atoms with Crippen LogP contribution in [0.15, 0.2) is 4.99 Å². The molecule has 0 saturated carbocycles. The molecule has 2 nitrogen and oxygen atoms in total. The molecule has 0 aliphatic carbocycles. The fourth-order valence-corrected chi connectivity index (χ4v) is 1.14. The molecule has 58 valence electrons. The van der Waals surface area contributed by atoms with Crippen LogP contribution >= 0.6 is 0 Å². The second-order valence-electron chi connectivity index (χ2n) is 2.71. The van der Waals surface area contributed by atoms with Crippen LogP contribution < -0.4 is 5.32 Å². The van der Waals surface area contributed by atoms with Crippen molar-refractivity contribution in [1.82, 2.24) is 5.32 Å². The van der Waals surface area contributed by atoms with Gasteiger partial charge in [0.1, 0.15) is 0 Å². The summed E-state index contributed by atoms with van der Waals surface area (Å²) in [6.45, 7) is 4.34. The van der Waals surface area contributed by atoms with Crippen LogP contribution in [0.2, 0.25) is 0 Å². The Balaban J connectivity index is 2.31. The average Bonchev–Trinajstić information content (AvgIpc) is 2.17. The fraction of sp³-hybridized carbons (Fsp3) is 0.875. The Morgan fingerprint density at radius 2 is 2.40 bits per heavy atom. The van der Waals surface area contributed by atoms with Crippen molar-refractivity contribution < 1.29 is 0 Å². The van der Waals surface area contributed by atoms with E-state index in [4.69, 9.17) is 0 Å². The topological polar surface area (TPSA) is 24.4 Å². The largest absolute Gasteiger partial charge is 0.374 e. The van der Waals surface area contributed by atoms with Gasteiger partial charge >= 0.3 is 0 Å². The van der Waals surface area contributed by atoms with Gasteiger partial charge in [0.15, 0.2) is 0 Å². The zero-order valence-electron chi connectivity index (χ0n) is 6.69. The first-order chi connectivity index (χ1) is 4.93. The van der Waals surface area contributed by atoms with E-state index in [1.807, 2.05) is 0 Å². The van der Waals surface area contributed by atoms with Gasteiger partial charge in [-0.2, -0.15) is 0 Å². The number of rotatable bonds is 2. The first kappa shape index (κ1) is 7.58. The highest BCUT2D eigenvalue weighted by Gasteiger charge is 1.99. The van der Waals surface area contributed by atoms with Gasteiger partial charge < -0.3 is 5.32 Å². The van der Waals surface area contributed by atoms with E-state index in [1.54, 1.807) is 0 Å². The molecular weight excluding hydrogens is 124 g/mol. The predicted octanol–water partition coefficient (Wildman–Crippen LogP) is 1.57. The van der Waals surface area contributed by atoms with Crippen LogP contribution in [-0.2, 0) is 0 Å². The molecular formula is C8H16N2. The summed E-state index contributed by atoms with van der Waals surface area (Å²) in [6, 6.07) is 0. The highest BCUT2D eigenvalue weighted by atomic mass is 15.0. The van der Waals surface area contributed by atoms with E-state index in [-0.39, 0.29) is 0 Å². The number of aliphatic imine (C=N–C) groups is 1. The van der Waals surface area contributed by atoms with Crippen molar-refractivity contribution in [2.75, 3.05) is 13.1 Å². The summed E-state index contributed by atoms with van der Waals surface area (Å²) in [4.78, 5) is 4.42. The zero-order chi connectivity index (χ0) is 7.23. The maximum Gasteiger partial charge on any atom is 0.0962 e. The van der Waals surface area contributed by atoms with E-state index in [0.717, 1.165) is 19.5 Å². The number of amidine groups is 1. The second-order valence-corrected chi connectivity index (χ2v) is 2.71. The molecule has 0 aromatic carbocycles. The number of nitrogens with one attached hydrogen (secondary N) is 1. The Labute approximate surface area is 62.7 Å². The standard InChI is InChI=1S/C8H16N2/c1-2-5-8-9-6-3-4-7-10-8/h2-7H2,1H3,(H,9,10). The lowest BCUT2D eigenvalue weighted by Gasteiger charge is -2.03. The maximum absolute atomic E-state index is 4.42. The van der Waals surface area contributed by atoms with Crippen LogP contribution in [0.25, 0.3) is 0 Å². The molecule has 0 spiro atoms. The minimum absolute atomic E-state index is 1.03. The quantitative estimate of drug-likeness (QED) is 0.618. The van der Waals surface area contributed by atoms with Gasteiger partial charge in [0.2, 0.25) is 0 Å². The molecule has 0 saturated heterocycles. The number of hydrogen-bond donors (Lipinski definition) is 1. The van der Waals surface area contributed by atoms with Crippen LogP contribution in [-0.4, -0.2) is 18.9 Å². The third-order valence-corrected chi connectivity index (χ3v) is 1.70. The van der Waals surface area contributed by atoms with Crippen molar-refractivity contribution in [3.05, 3.63) is 0 Å². The molecule has 1 aliphatic rings. The molecule has 0 fully saturated rings. The Bertz CT molecular complexity index is 118. The molecule has 0 aromatic rings. The van der Waals surface area contributed by atoms with Gasteiger partial charge in [-0.3, -0.25) is 4.99 Å². The predicted molar refractivity (Wildman–Crippen MR) is 44.4 cm³/mol. The van der Waals surface area contributed by atoms with Gasteiger partial charge in [-0.15, -0.1) is 0 Å². The number of nitrogens with zero attached hydrogens (tertiary/aromatic N) is 1. The summed E-state index contributed by atoms with van der Waals surface area (Å²) in [5, 5.41) is 3.33. The van der Waals surface area contributed by atoms with Crippen LogP contribution in [0, 0.1) is 0 Å². The molecule has 1 rings (SSSR count). The first-order valence-corrected chi connectivity index (χ1v) is 4.20. The number of hydrogen-bond acceptors (Lipinski definition) is 2. The van der Waals surface area contributed by atoms with E-state index in [1.165, 1.54) is 25.1 Å². The van der Waals surface area contributed by atoms with Crippen molar-refractivity contribution in [3.8, 4) is 0 Å². The lowest BCUT2D eigenvalue weighted by molar-refractivity contribution is 0.746. The molecule has 0 unspecified atom stereocenters. The average molecular weight is 140 g/mol. The Kier molecular flexibility index (Phi) is 3.27. The molecule has 1 heterocycles. The first-order valence-electron chi connectivity index (χ1n) is 4.20. The van der Waals surface area contributed by atoms with E-state index >= 15 is 0 Å². The fourth-order valence-electron chi connectivity index (χ4n) is 1.14. The lowest BCUT2D eigenvalue weighted by Crippen LogP contribution is -2.22. The van der Waals surface area contributed by atoms with Gasteiger partial charge in [0.05, 0.1) is 5.84 Å². The molecule has 0 atom stereocenters. The van der Waals surface area contributed by atoms with Crippen LogP contribution in [0.4, 0.5) is 0 Å². The van der Waals surface area contributed by atoms with Crippen molar-refractivity contribution >= 4 is 5.84 Å². The summed E-state index contributed by atoms with van der Waals surface area (Å²) < 4.78 is 0. The van der Waals surface area contributed by atoms with Crippen molar-refractivity contribution in [2.45, 2.75) is 32.6 Å². The molecule has 0 aromatic heterocycles. The summed E-state index contributed by atoms with van der Waals surface area (Å²) in [7, 11) is 0. The molecule has 1 N–H and O–H groups in total. The van der Waals surface area contributed by atoms with Crippen molar-refractivity contribution in [2.24, 2.45) is 4.99 Å². The van der Waals surface area contributed by atoms with E-state index < -0.39 is 0 Å². The lowest BCUT2D eigenvalue weighted by atomic mass is 10.3. The molecule has 2 heteroatoms. The van der Waals surface area contributed by atoms with Gasteiger partial charge in [0.25, 0.3) is 0 Å². The SMILES string of the molecule is CCCC1=NCCCCN1. The van der Waals surface area contributed by atoms with E-state index in [9.17, 15) is 0 Å². The zero-order valence-corrected chi connectivity index (χ0v) is 6.69. The molecule has 10 heavy (non-hydrogen) atoms. The third kappa shape index (κ3) is 2.38. The van der Waals surface area contributed by atoms with Crippen LogP contribution in [0.3, 0.4) is 0 Å². The molecule has 0 bridgehead atoms. The van der Waals surface area contributed by atoms with Gasteiger partial charge in [-0.1, -0.05) is 6.92 Å². The van der Waals surface area contributed by atoms with E-state index in [2.05, 4.69) is 17.2 Å². The van der Waals surface area contributed by atoms with Crippen molar-refractivity contribution in [1.29, 1.82) is 0 Å². The van der Waals surface area contributed by atoms with Crippen LogP contribution in [0.5, 0.6) is 0 Å². The Morgan fingerprint density at radius 1 is 1.50 bits per heavy atom. The maximum atomic E-state index is 4.42. The molecule has 1 aliphatic heterocycles. The Morgan fingerprint density at radius 3 is 3.20 bits per heavy atom. The van der Waals surface area contributed by atoms with Gasteiger partial charge in [-0.25, -0.2) is 0 Å².